The second-order valence-corrected chi connectivity index (χ2v) is 7.49. The Morgan fingerprint density at radius 1 is 0.889 bits per heavy atom. The number of rotatable bonds is 10. The molecule has 0 N–H and O–H groups in total. The van der Waals surface area contributed by atoms with Crippen LogP contribution in [-0.2, 0) is 6.42 Å². The Kier molecular flexibility index (Phi) is 9.59. The first-order chi connectivity index (χ1) is 8.86. The van der Waals surface area contributed by atoms with Gasteiger partial charge in [-0.25, -0.2) is 0 Å². The van der Waals surface area contributed by atoms with Gasteiger partial charge in [-0.05, 0) is 36.3 Å². The largest absolute Gasteiger partial charge is 0.147 e. The zero-order valence-electron chi connectivity index (χ0n) is 11.7. The SMILES string of the molecule is CCCCSC(Cc1ccccc1)SCCCC. The van der Waals surface area contributed by atoms with E-state index in [-0.39, 0.29) is 0 Å². The molecule has 0 heterocycles. The lowest BCUT2D eigenvalue weighted by Gasteiger charge is -2.16. The normalized spacial score (nSPS) is 11.1. The molecule has 0 spiro atoms. The number of hydrogen-bond acceptors (Lipinski definition) is 2. The minimum absolute atomic E-state index is 0.741. The summed E-state index contributed by atoms with van der Waals surface area (Å²) in [4.78, 5) is 0. The van der Waals surface area contributed by atoms with E-state index in [1.54, 1.807) is 0 Å². The van der Waals surface area contributed by atoms with Gasteiger partial charge in [-0.1, -0.05) is 57.0 Å². The van der Waals surface area contributed by atoms with E-state index < -0.39 is 0 Å². The van der Waals surface area contributed by atoms with Crippen LogP contribution in [0.5, 0.6) is 0 Å². The summed E-state index contributed by atoms with van der Waals surface area (Å²) in [6, 6.07) is 10.9. The van der Waals surface area contributed by atoms with Crippen LogP contribution in [0.1, 0.15) is 45.1 Å². The summed E-state index contributed by atoms with van der Waals surface area (Å²) in [6.07, 6.45) is 6.54. The molecule has 0 aliphatic carbocycles. The van der Waals surface area contributed by atoms with Crippen LogP contribution in [0, 0.1) is 0 Å². The smallest absolute Gasteiger partial charge is 0.0542 e. The lowest BCUT2D eigenvalue weighted by Crippen LogP contribution is -2.04. The van der Waals surface area contributed by atoms with Crippen molar-refractivity contribution >= 4 is 23.5 Å². The van der Waals surface area contributed by atoms with Gasteiger partial charge in [-0.2, -0.15) is 0 Å². The molecule has 0 fully saturated rings. The fraction of sp³-hybridized carbons (Fsp3) is 0.625. The van der Waals surface area contributed by atoms with Gasteiger partial charge in [-0.3, -0.25) is 0 Å². The molecule has 0 atom stereocenters. The van der Waals surface area contributed by atoms with Gasteiger partial charge in [0.05, 0.1) is 4.58 Å². The molecule has 2 heteroatoms. The molecule has 0 unspecified atom stereocenters. The summed E-state index contributed by atoms with van der Waals surface area (Å²) in [5.74, 6) is 2.63. The minimum Gasteiger partial charge on any atom is -0.147 e. The zero-order chi connectivity index (χ0) is 13.1. The maximum atomic E-state index is 2.27. The second kappa shape index (κ2) is 10.8. The number of hydrogen-bond donors (Lipinski definition) is 0. The van der Waals surface area contributed by atoms with Crippen molar-refractivity contribution in [3.8, 4) is 0 Å². The maximum absolute atomic E-state index is 2.27. The predicted molar refractivity (Wildman–Crippen MR) is 88.7 cm³/mol. The zero-order valence-corrected chi connectivity index (χ0v) is 13.4. The maximum Gasteiger partial charge on any atom is 0.0542 e. The highest BCUT2D eigenvalue weighted by atomic mass is 32.2. The molecule has 0 radical (unpaired) electrons. The molecule has 0 saturated heterocycles. The van der Waals surface area contributed by atoms with Crippen LogP contribution >= 0.6 is 23.5 Å². The average Bonchev–Trinajstić information content (AvgIpc) is 2.40. The molecule has 102 valence electrons. The number of thioether (sulfide) groups is 2. The molecule has 0 aliphatic heterocycles. The van der Waals surface area contributed by atoms with Crippen molar-refractivity contribution in [2.75, 3.05) is 11.5 Å². The molecule has 0 bridgehead atoms. The Morgan fingerprint density at radius 2 is 1.44 bits per heavy atom. The average molecular weight is 283 g/mol. The van der Waals surface area contributed by atoms with Crippen molar-refractivity contribution in [3.63, 3.8) is 0 Å². The third-order valence-corrected chi connectivity index (χ3v) is 5.79. The Labute approximate surface area is 121 Å². The van der Waals surface area contributed by atoms with E-state index in [0.29, 0.717) is 0 Å². The van der Waals surface area contributed by atoms with Crippen molar-refractivity contribution in [2.45, 2.75) is 50.5 Å². The Bertz CT molecular complexity index is 274. The van der Waals surface area contributed by atoms with E-state index >= 15 is 0 Å². The molecule has 1 aromatic carbocycles. The van der Waals surface area contributed by atoms with Crippen molar-refractivity contribution in [1.82, 2.24) is 0 Å². The molecule has 1 rings (SSSR count). The first kappa shape index (κ1) is 16.0. The van der Waals surface area contributed by atoms with E-state index in [9.17, 15) is 0 Å². The number of unbranched alkanes of at least 4 members (excludes halogenated alkanes) is 2. The van der Waals surface area contributed by atoms with Crippen LogP contribution in [0.4, 0.5) is 0 Å². The Hall–Kier alpha value is -0.0800. The van der Waals surface area contributed by atoms with Gasteiger partial charge in [0.15, 0.2) is 0 Å². The van der Waals surface area contributed by atoms with Gasteiger partial charge < -0.3 is 0 Å². The fourth-order valence-electron chi connectivity index (χ4n) is 1.69. The highest BCUT2D eigenvalue weighted by Crippen LogP contribution is 2.29. The third-order valence-electron chi connectivity index (χ3n) is 2.85. The second-order valence-electron chi connectivity index (χ2n) is 4.57. The van der Waals surface area contributed by atoms with Crippen molar-refractivity contribution < 1.29 is 0 Å². The summed E-state index contributed by atoms with van der Waals surface area (Å²) < 4.78 is 0.741. The van der Waals surface area contributed by atoms with E-state index in [1.165, 1.54) is 49.2 Å². The van der Waals surface area contributed by atoms with Crippen LogP contribution in [0.25, 0.3) is 0 Å². The van der Waals surface area contributed by atoms with Gasteiger partial charge >= 0.3 is 0 Å². The van der Waals surface area contributed by atoms with Crippen LogP contribution in [0.3, 0.4) is 0 Å². The summed E-state index contributed by atoms with van der Waals surface area (Å²) in [6.45, 7) is 4.55. The molecule has 18 heavy (non-hydrogen) atoms. The molecular formula is C16H26S2. The van der Waals surface area contributed by atoms with Crippen molar-refractivity contribution in [2.24, 2.45) is 0 Å². The fourth-order valence-corrected chi connectivity index (χ4v) is 4.71. The molecule has 1 aromatic rings. The first-order valence-electron chi connectivity index (χ1n) is 7.14. The minimum atomic E-state index is 0.741. The van der Waals surface area contributed by atoms with Crippen LogP contribution in [0.2, 0.25) is 0 Å². The number of benzene rings is 1. The quantitative estimate of drug-likeness (QED) is 0.403. The van der Waals surface area contributed by atoms with E-state index in [2.05, 4.69) is 67.7 Å². The standard InChI is InChI=1S/C16H26S2/c1-3-5-12-17-16(18-13-6-4-2)14-15-10-8-7-9-11-15/h7-11,16H,3-6,12-14H2,1-2H3. The lowest BCUT2D eigenvalue weighted by molar-refractivity contribution is 0.890. The van der Waals surface area contributed by atoms with Crippen LogP contribution in [0.15, 0.2) is 30.3 Å². The van der Waals surface area contributed by atoms with E-state index in [0.717, 1.165) is 4.58 Å². The van der Waals surface area contributed by atoms with Crippen LogP contribution in [-0.4, -0.2) is 16.1 Å². The van der Waals surface area contributed by atoms with Crippen molar-refractivity contribution in [3.05, 3.63) is 35.9 Å². The summed E-state index contributed by atoms with van der Waals surface area (Å²) in [7, 11) is 0. The summed E-state index contributed by atoms with van der Waals surface area (Å²) in [5, 5.41) is 0. The van der Waals surface area contributed by atoms with E-state index in [1.807, 2.05) is 0 Å². The molecule has 0 saturated carbocycles. The Morgan fingerprint density at radius 3 is 1.94 bits per heavy atom. The van der Waals surface area contributed by atoms with Crippen LogP contribution < -0.4 is 0 Å². The molecule has 0 nitrogen and oxygen atoms in total. The lowest BCUT2D eigenvalue weighted by atomic mass is 10.2. The first-order valence-corrected chi connectivity index (χ1v) is 9.23. The molecular weight excluding hydrogens is 256 g/mol. The summed E-state index contributed by atoms with van der Waals surface area (Å²) in [5.41, 5.74) is 1.48. The van der Waals surface area contributed by atoms with E-state index in [4.69, 9.17) is 0 Å². The Balaban J connectivity index is 2.37. The third kappa shape index (κ3) is 7.38. The van der Waals surface area contributed by atoms with Gasteiger partial charge in [-0.15, -0.1) is 23.5 Å². The van der Waals surface area contributed by atoms with Gasteiger partial charge in [0.1, 0.15) is 0 Å². The monoisotopic (exact) mass is 282 g/mol. The molecule has 0 aromatic heterocycles. The highest BCUT2D eigenvalue weighted by Gasteiger charge is 2.10. The van der Waals surface area contributed by atoms with Gasteiger partial charge in [0.2, 0.25) is 0 Å². The van der Waals surface area contributed by atoms with Gasteiger partial charge in [0, 0.05) is 0 Å². The molecule has 0 aliphatic rings. The summed E-state index contributed by atoms with van der Waals surface area (Å²) >= 11 is 4.31. The topological polar surface area (TPSA) is 0 Å². The molecule has 0 amide bonds. The predicted octanol–water partition coefficient (Wildman–Crippen LogP) is 5.62. The van der Waals surface area contributed by atoms with Crippen molar-refractivity contribution in [1.29, 1.82) is 0 Å². The van der Waals surface area contributed by atoms with Gasteiger partial charge in [0.25, 0.3) is 0 Å². The highest BCUT2D eigenvalue weighted by molar-refractivity contribution is 8.17.